The van der Waals surface area contributed by atoms with Crippen LogP contribution in [0.15, 0.2) is 29.2 Å². The fourth-order valence-electron chi connectivity index (χ4n) is 3.66. The zero-order valence-electron chi connectivity index (χ0n) is 12.2. The lowest BCUT2D eigenvalue weighted by Crippen LogP contribution is -2.49. The van der Waals surface area contributed by atoms with Crippen LogP contribution in [0.1, 0.15) is 25.7 Å². The number of hydrogen-bond donors (Lipinski definition) is 2. The largest absolute Gasteiger partial charge is 0.352 e. The summed E-state index contributed by atoms with van der Waals surface area (Å²) in [7, 11) is 0. The second-order valence-electron chi connectivity index (χ2n) is 6.24. The average molecular weight is 301 g/mol. The van der Waals surface area contributed by atoms with E-state index in [1.165, 1.54) is 21.9 Å². The van der Waals surface area contributed by atoms with E-state index in [1.54, 1.807) is 18.3 Å². The minimum Gasteiger partial charge on any atom is -0.352 e. The summed E-state index contributed by atoms with van der Waals surface area (Å²) in [5, 5.41) is 10.8. The smallest absolute Gasteiger partial charge is 0.350 e. The van der Waals surface area contributed by atoms with Gasteiger partial charge >= 0.3 is 5.69 Å². The van der Waals surface area contributed by atoms with Crippen molar-refractivity contribution >= 4 is 11.6 Å². The van der Waals surface area contributed by atoms with Crippen LogP contribution in [0.5, 0.6) is 0 Å². The van der Waals surface area contributed by atoms with Crippen molar-refractivity contribution in [2.75, 3.05) is 0 Å². The van der Waals surface area contributed by atoms with Crippen LogP contribution in [0.4, 0.5) is 0 Å². The van der Waals surface area contributed by atoms with E-state index in [0.29, 0.717) is 17.7 Å². The SMILES string of the molecule is O=C(Cn1nc2ccccn2c1=O)NC1CC2CCC(C1)N2. The minimum atomic E-state index is -0.281. The van der Waals surface area contributed by atoms with Gasteiger partial charge in [-0.3, -0.25) is 9.20 Å². The maximum atomic E-state index is 12.2. The molecule has 2 atom stereocenters. The highest BCUT2D eigenvalue weighted by Gasteiger charge is 2.34. The lowest BCUT2D eigenvalue weighted by Gasteiger charge is -2.29. The number of rotatable bonds is 3. The van der Waals surface area contributed by atoms with Gasteiger partial charge in [-0.2, -0.15) is 0 Å². The van der Waals surface area contributed by atoms with E-state index in [2.05, 4.69) is 15.7 Å². The highest BCUT2D eigenvalue weighted by molar-refractivity contribution is 5.76. The molecule has 1 amide bonds. The van der Waals surface area contributed by atoms with Crippen molar-refractivity contribution in [1.82, 2.24) is 24.8 Å². The summed E-state index contributed by atoms with van der Waals surface area (Å²) >= 11 is 0. The number of pyridine rings is 1. The summed E-state index contributed by atoms with van der Waals surface area (Å²) in [6.07, 6.45) is 6.00. The number of aromatic nitrogens is 3. The topological polar surface area (TPSA) is 80.4 Å². The molecule has 0 aromatic carbocycles. The molecule has 2 unspecified atom stereocenters. The summed E-state index contributed by atoms with van der Waals surface area (Å²) in [5.41, 5.74) is 0.274. The lowest BCUT2D eigenvalue weighted by molar-refractivity contribution is -0.122. The molecule has 0 radical (unpaired) electrons. The van der Waals surface area contributed by atoms with Crippen molar-refractivity contribution in [3.63, 3.8) is 0 Å². The van der Waals surface area contributed by atoms with Crippen LogP contribution in [-0.2, 0) is 11.3 Å². The van der Waals surface area contributed by atoms with Gasteiger partial charge in [-0.25, -0.2) is 9.48 Å². The number of nitrogens with one attached hydrogen (secondary N) is 2. The molecule has 2 aliphatic heterocycles. The molecule has 2 bridgehead atoms. The number of piperidine rings is 1. The molecular weight excluding hydrogens is 282 g/mol. The molecule has 0 aliphatic carbocycles. The fraction of sp³-hybridized carbons (Fsp3) is 0.533. The van der Waals surface area contributed by atoms with Crippen LogP contribution in [-0.4, -0.2) is 38.2 Å². The van der Waals surface area contributed by atoms with Gasteiger partial charge in [0.1, 0.15) is 6.54 Å². The number of carbonyl (C=O) groups excluding carboxylic acids is 1. The maximum Gasteiger partial charge on any atom is 0.350 e. The zero-order chi connectivity index (χ0) is 15.1. The third-order valence-electron chi connectivity index (χ3n) is 4.62. The van der Waals surface area contributed by atoms with Crippen molar-refractivity contribution in [2.24, 2.45) is 0 Å². The molecule has 2 aliphatic rings. The quantitative estimate of drug-likeness (QED) is 0.829. The van der Waals surface area contributed by atoms with Gasteiger partial charge in [0.15, 0.2) is 5.65 Å². The van der Waals surface area contributed by atoms with Gasteiger partial charge in [0.25, 0.3) is 0 Å². The van der Waals surface area contributed by atoms with Crippen molar-refractivity contribution in [3.8, 4) is 0 Å². The Morgan fingerprint density at radius 2 is 2.09 bits per heavy atom. The van der Waals surface area contributed by atoms with E-state index in [-0.39, 0.29) is 24.2 Å². The third-order valence-corrected chi connectivity index (χ3v) is 4.62. The van der Waals surface area contributed by atoms with Gasteiger partial charge in [0.05, 0.1) is 0 Å². The first kappa shape index (κ1) is 13.5. The molecule has 2 N–H and O–H groups in total. The Kier molecular flexibility index (Phi) is 3.22. The first-order chi connectivity index (χ1) is 10.7. The van der Waals surface area contributed by atoms with Gasteiger partial charge in [-0.15, -0.1) is 5.10 Å². The highest BCUT2D eigenvalue weighted by Crippen LogP contribution is 2.26. The Balaban J connectivity index is 1.45. The number of hydrogen-bond acceptors (Lipinski definition) is 4. The van der Waals surface area contributed by atoms with Crippen LogP contribution in [0.2, 0.25) is 0 Å². The summed E-state index contributed by atoms with van der Waals surface area (Å²) in [5.74, 6) is -0.142. The van der Waals surface area contributed by atoms with E-state index in [0.717, 1.165) is 12.8 Å². The molecule has 22 heavy (non-hydrogen) atoms. The van der Waals surface area contributed by atoms with Gasteiger partial charge in [-0.1, -0.05) is 6.07 Å². The van der Waals surface area contributed by atoms with Crippen molar-refractivity contribution < 1.29 is 4.79 Å². The standard InChI is InChI=1S/C15H19N5O2/c21-14(17-12-7-10-4-5-11(8-12)16-10)9-20-15(22)19-6-2-1-3-13(19)18-20/h1-3,6,10-12,16H,4-5,7-9H2,(H,17,21). The second kappa shape index (κ2) is 5.24. The number of fused-ring (bicyclic) bond motifs is 3. The molecule has 2 aromatic rings. The average Bonchev–Trinajstić information content (AvgIpc) is 3.00. The predicted octanol–water partition coefficient (Wildman–Crippen LogP) is -0.105. The number of amides is 1. The van der Waals surface area contributed by atoms with E-state index < -0.39 is 0 Å². The first-order valence-electron chi connectivity index (χ1n) is 7.78. The summed E-state index contributed by atoms with van der Waals surface area (Å²) in [6.45, 7) is -0.0280. The lowest BCUT2D eigenvalue weighted by atomic mass is 10.00. The van der Waals surface area contributed by atoms with Gasteiger partial charge in [0, 0.05) is 24.3 Å². The normalized spacial score (nSPS) is 27.2. The summed E-state index contributed by atoms with van der Waals surface area (Å²) in [4.78, 5) is 24.3. The Labute approximate surface area is 127 Å². The molecule has 2 aromatic heterocycles. The van der Waals surface area contributed by atoms with Crippen LogP contribution < -0.4 is 16.3 Å². The van der Waals surface area contributed by atoms with E-state index in [1.807, 2.05) is 6.07 Å². The maximum absolute atomic E-state index is 12.2. The molecule has 7 heteroatoms. The van der Waals surface area contributed by atoms with Gasteiger partial charge in [0.2, 0.25) is 5.91 Å². The first-order valence-corrected chi connectivity index (χ1v) is 7.78. The van der Waals surface area contributed by atoms with Crippen molar-refractivity contribution in [2.45, 2.75) is 50.4 Å². The Bertz CT molecular complexity index is 753. The molecule has 116 valence electrons. The van der Waals surface area contributed by atoms with Crippen molar-refractivity contribution in [3.05, 3.63) is 34.9 Å². The Morgan fingerprint density at radius 3 is 2.82 bits per heavy atom. The Hall–Kier alpha value is -2.15. The van der Waals surface area contributed by atoms with Crippen LogP contribution in [0.25, 0.3) is 5.65 Å². The van der Waals surface area contributed by atoms with Gasteiger partial charge in [-0.05, 0) is 37.8 Å². The molecule has 2 saturated heterocycles. The molecule has 7 nitrogen and oxygen atoms in total. The highest BCUT2D eigenvalue weighted by atomic mass is 16.2. The predicted molar refractivity (Wildman–Crippen MR) is 80.6 cm³/mol. The second-order valence-corrected chi connectivity index (χ2v) is 6.24. The number of carbonyl (C=O) groups is 1. The molecule has 4 rings (SSSR count). The van der Waals surface area contributed by atoms with E-state index in [9.17, 15) is 9.59 Å². The van der Waals surface area contributed by atoms with E-state index >= 15 is 0 Å². The fourth-order valence-corrected chi connectivity index (χ4v) is 3.66. The monoisotopic (exact) mass is 301 g/mol. The van der Waals surface area contributed by atoms with Crippen LogP contribution in [0.3, 0.4) is 0 Å². The summed E-state index contributed by atoms with van der Waals surface area (Å²) < 4.78 is 2.67. The number of nitrogens with zero attached hydrogens (tertiary/aromatic N) is 3. The third kappa shape index (κ3) is 2.41. The Morgan fingerprint density at radius 1 is 1.32 bits per heavy atom. The molecular formula is C15H19N5O2. The van der Waals surface area contributed by atoms with Gasteiger partial charge < -0.3 is 10.6 Å². The van der Waals surface area contributed by atoms with Crippen LogP contribution >= 0.6 is 0 Å². The molecule has 0 saturated carbocycles. The molecule has 4 heterocycles. The van der Waals surface area contributed by atoms with E-state index in [4.69, 9.17) is 0 Å². The zero-order valence-corrected chi connectivity index (χ0v) is 12.2. The minimum absolute atomic E-state index is 0.0280. The molecule has 0 spiro atoms. The van der Waals surface area contributed by atoms with Crippen LogP contribution in [0, 0.1) is 0 Å². The van der Waals surface area contributed by atoms with Crippen molar-refractivity contribution in [1.29, 1.82) is 0 Å². The molecule has 2 fully saturated rings. The summed E-state index contributed by atoms with van der Waals surface area (Å²) in [6, 6.07) is 6.60.